The first-order valence-corrected chi connectivity index (χ1v) is 6.68. The summed E-state index contributed by atoms with van der Waals surface area (Å²) in [5.74, 6) is -0.828. The highest BCUT2D eigenvalue weighted by atomic mass is 32.1. The Morgan fingerprint density at radius 1 is 1.56 bits per heavy atom. The number of aryl methyl sites for hydroxylation is 1. The lowest BCUT2D eigenvalue weighted by atomic mass is 10.1. The Balaban J connectivity index is 2.02. The van der Waals surface area contributed by atoms with Crippen LogP contribution in [0.15, 0.2) is 18.2 Å². The Morgan fingerprint density at radius 3 is 2.94 bits per heavy atom. The summed E-state index contributed by atoms with van der Waals surface area (Å²) in [6, 6.07) is 1.58. The van der Waals surface area contributed by atoms with Crippen LogP contribution in [0.4, 0.5) is 5.00 Å². The first kappa shape index (κ1) is 12.8. The van der Waals surface area contributed by atoms with Crippen LogP contribution in [0.2, 0.25) is 0 Å². The molecule has 0 bridgehead atoms. The quantitative estimate of drug-likeness (QED) is 0.822. The molecule has 5 heteroatoms. The van der Waals surface area contributed by atoms with Gasteiger partial charge >= 0.3 is 5.97 Å². The van der Waals surface area contributed by atoms with Crippen LogP contribution >= 0.6 is 11.3 Å². The molecule has 96 valence electrons. The number of carboxylic acid groups (broad SMARTS) is 1. The lowest BCUT2D eigenvalue weighted by Crippen LogP contribution is -2.15. The molecule has 1 aliphatic carbocycles. The molecule has 18 heavy (non-hydrogen) atoms. The average Bonchev–Trinajstić information content (AvgIpc) is 2.88. The summed E-state index contributed by atoms with van der Waals surface area (Å²) in [6.07, 6.45) is 6.58. The zero-order valence-corrected chi connectivity index (χ0v) is 10.9. The van der Waals surface area contributed by atoms with Crippen molar-refractivity contribution in [3.05, 3.63) is 28.7 Å². The maximum absolute atomic E-state index is 11.8. The smallest absolute Gasteiger partial charge is 0.338 e. The molecule has 1 aliphatic rings. The third-order valence-corrected chi connectivity index (χ3v) is 3.86. The lowest BCUT2D eigenvalue weighted by molar-refractivity contribution is -0.116. The van der Waals surface area contributed by atoms with Crippen LogP contribution in [0.3, 0.4) is 0 Å². The SMILES string of the molecule is Cc1cc(C(=O)O)c(NC(=O)CC2C=CCC2)s1. The van der Waals surface area contributed by atoms with Gasteiger partial charge in [-0.25, -0.2) is 4.79 Å². The Labute approximate surface area is 109 Å². The van der Waals surface area contributed by atoms with Crippen molar-refractivity contribution in [1.82, 2.24) is 0 Å². The Kier molecular flexibility index (Phi) is 3.81. The summed E-state index contributed by atoms with van der Waals surface area (Å²) in [7, 11) is 0. The van der Waals surface area contributed by atoms with Crippen molar-refractivity contribution in [2.45, 2.75) is 26.2 Å². The summed E-state index contributed by atoms with van der Waals surface area (Å²) in [5, 5.41) is 12.2. The van der Waals surface area contributed by atoms with E-state index in [2.05, 4.69) is 17.5 Å². The lowest BCUT2D eigenvalue weighted by Gasteiger charge is -2.07. The van der Waals surface area contributed by atoms with Crippen LogP contribution < -0.4 is 5.32 Å². The molecular weight excluding hydrogens is 250 g/mol. The molecule has 0 aromatic carbocycles. The van der Waals surface area contributed by atoms with Crippen molar-refractivity contribution in [3.63, 3.8) is 0 Å². The Hall–Kier alpha value is -1.62. The number of carbonyl (C=O) groups is 2. The monoisotopic (exact) mass is 265 g/mol. The summed E-state index contributed by atoms with van der Waals surface area (Å²) in [4.78, 5) is 23.7. The molecule has 0 saturated carbocycles. The molecule has 1 aromatic heterocycles. The molecule has 1 heterocycles. The minimum absolute atomic E-state index is 0.115. The maximum atomic E-state index is 11.8. The normalized spacial score (nSPS) is 17.9. The Bertz CT molecular complexity index is 504. The highest BCUT2D eigenvalue weighted by Gasteiger charge is 2.18. The second kappa shape index (κ2) is 5.35. The molecule has 0 spiro atoms. The first-order chi connectivity index (χ1) is 8.56. The van der Waals surface area contributed by atoms with Crippen molar-refractivity contribution >= 4 is 28.2 Å². The van der Waals surface area contributed by atoms with E-state index in [4.69, 9.17) is 5.11 Å². The number of hydrogen-bond acceptors (Lipinski definition) is 3. The van der Waals surface area contributed by atoms with Gasteiger partial charge in [-0.2, -0.15) is 0 Å². The first-order valence-electron chi connectivity index (χ1n) is 5.86. The number of aromatic carboxylic acids is 1. The zero-order chi connectivity index (χ0) is 13.1. The average molecular weight is 265 g/mol. The van der Waals surface area contributed by atoms with E-state index in [0.29, 0.717) is 17.3 Å². The number of nitrogens with one attached hydrogen (secondary N) is 1. The van der Waals surface area contributed by atoms with Gasteiger partial charge in [0.05, 0.1) is 5.56 Å². The van der Waals surface area contributed by atoms with Gasteiger partial charge in [0.25, 0.3) is 0 Å². The molecule has 0 aliphatic heterocycles. The topological polar surface area (TPSA) is 66.4 Å². The minimum atomic E-state index is -1.00. The standard InChI is InChI=1S/C13H15NO3S/c1-8-6-10(13(16)17)12(18-8)14-11(15)7-9-4-2-3-5-9/h2,4,6,9H,3,5,7H2,1H3,(H,14,15)(H,16,17). The van der Waals surface area contributed by atoms with Gasteiger partial charge in [-0.3, -0.25) is 4.79 Å². The number of allylic oxidation sites excluding steroid dienone is 2. The summed E-state index contributed by atoms with van der Waals surface area (Å²) in [6.45, 7) is 1.83. The van der Waals surface area contributed by atoms with Gasteiger partial charge in [0.15, 0.2) is 0 Å². The fraction of sp³-hybridized carbons (Fsp3) is 0.385. The Morgan fingerprint density at radius 2 is 2.33 bits per heavy atom. The van der Waals surface area contributed by atoms with Crippen LogP contribution in [0.5, 0.6) is 0 Å². The molecule has 0 saturated heterocycles. The van der Waals surface area contributed by atoms with Gasteiger partial charge in [0, 0.05) is 11.3 Å². The fourth-order valence-corrected chi connectivity index (χ4v) is 2.97. The van der Waals surface area contributed by atoms with Gasteiger partial charge in [-0.15, -0.1) is 11.3 Å². The molecular formula is C13H15NO3S. The number of thiophene rings is 1. The van der Waals surface area contributed by atoms with Crippen molar-refractivity contribution < 1.29 is 14.7 Å². The third kappa shape index (κ3) is 2.98. The third-order valence-electron chi connectivity index (χ3n) is 2.90. The van der Waals surface area contributed by atoms with Crippen LogP contribution in [-0.4, -0.2) is 17.0 Å². The minimum Gasteiger partial charge on any atom is -0.478 e. The van der Waals surface area contributed by atoms with Gasteiger partial charge in [-0.05, 0) is 31.7 Å². The largest absolute Gasteiger partial charge is 0.478 e. The van der Waals surface area contributed by atoms with Gasteiger partial charge in [0.1, 0.15) is 5.00 Å². The summed E-state index contributed by atoms with van der Waals surface area (Å²) in [5.41, 5.74) is 0.174. The number of anilines is 1. The summed E-state index contributed by atoms with van der Waals surface area (Å²) < 4.78 is 0. The summed E-state index contributed by atoms with van der Waals surface area (Å²) >= 11 is 1.30. The van der Waals surface area contributed by atoms with E-state index in [1.807, 2.05) is 6.92 Å². The van der Waals surface area contributed by atoms with E-state index >= 15 is 0 Å². The number of carbonyl (C=O) groups excluding carboxylic acids is 1. The van der Waals surface area contributed by atoms with Crippen LogP contribution in [-0.2, 0) is 4.79 Å². The molecule has 1 aromatic rings. The highest BCUT2D eigenvalue weighted by Crippen LogP contribution is 2.28. The van der Waals surface area contributed by atoms with Crippen LogP contribution in [0, 0.1) is 12.8 Å². The number of amides is 1. The predicted octanol–water partition coefficient (Wildman–Crippen LogP) is 3.05. The van der Waals surface area contributed by atoms with E-state index < -0.39 is 5.97 Å². The van der Waals surface area contributed by atoms with Crippen molar-refractivity contribution in [1.29, 1.82) is 0 Å². The predicted molar refractivity (Wildman–Crippen MR) is 71.1 cm³/mol. The van der Waals surface area contributed by atoms with Gasteiger partial charge < -0.3 is 10.4 Å². The van der Waals surface area contributed by atoms with Crippen molar-refractivity contribution in [3.8, 4) is 0 Å². The molecule has 1 amide bonds. The zero-order valence-electron chi connectivity index (χ0n) is 10.1. The van der Waals surface area contributed by atoms with Crippen molar-refractivity contribution in [2.75, 3.05) is 5.32 Å². The van der Waals surface area contributed by atoms with Crippen LogP contribution in [0.25, 0.3) is 0 Å². The fourth-order valence-electron chi connectivity index (χ4n) is 2.05. The number of rotatable bonds is 4. The number of carboxylic acids is 1. The van der Waals surface area contributed by atoms with E-state index in [0.717, 1.165) is 17.7 Å². The molecule has 4 nitrogen and oxygen atoms in total. The van der Waals surface area contributed by atoms with Crippen LogP contribution in [0.1, 0.15) is 34.5 Å². The number of hydrogen-bond donors (Lipinski definition) is 2. The molecule has 0 fully saturated rings. The van der Waals surface area contributed by atoms with E-state index in [1.165, 1.54) is 11.3 Å². The van der Waals surface area contributed by atoms with Gasteiger partial charge in [-0.1, -0.05) is 12.2 Å². The van der Waals surface area contributed by atoms with Crippen molar-refractivity contribution in [2.24, 2.45) is 5.92 Å². The maximum Gasteiger partial charge on any atom is 0.338 e. The van der Waals surface area contributed by atoms with E-state index in [1.54, 1.807) is 6.07 Å². The van der Waals surface area contributed by atoms with E-state index in [9.17, 15) is 9.59 Å². The second-order valence-electron chi connectivity index (χ2n) is 4.42. The molecule has 1 unspecified atom stereocenters. The molecule has 0 radical (unpaired) electrons. The van der Waals surface area contributed by atoms with Gasteiger partial charge in [0.2, 0.25) is 5.91 Å². The highest BCUT2D eigenvalue weighted by molar-refractivity contribution is 7.16. The molecule has 1 atom stereocenters. The second-order valence-corrected chi connectivity index (χ2v) is 5.68. The molecule has 2 rings (SSSR count). The molecule has 2 N–H and O–H groups in total. The van der Waals surface area contributed by atoms with E-state index in [-0.39, 0.29) is 11.5 Å².